The Hall–Kier alpha value is -2.48. The van der Waals surface area contributed by atoms with E-state index in [-0.39, 0.29) is 0 Å². The van der Waals surface area contributed by atoms with E-state index >= 15 is 0 Å². The lowest BCUT2D eigenvalue weighted by Crippen LogP contribution is -2.04. The molecular weight excluding hydrogens is 313 g/mol. The second-order valence-corrected chi connectivity index (χ2v) is 5.36. The van der Waals surface area contributed by atoms with Crippen LogP contribution in [0.2, 0.25) is 0 Å². The van der Waals surface area contributed by atoms with Crippen molar-refractivity contribution in [3.8, 4) is 10.6 Å². The molecule has 8 heteroatoms. The number of rotatable bonds is 3. The molecule has 0 aliphatic carbocycles. The molecule has 0 amide bonds. The molecule has 1 N–H and O–H groups in total. The van der Waals surface area contributed by atoms with E-state index in [0.29, 0.717) is 10.8 Å². The van der Waals surface area contributed by atoms with Crippen molar-refractivity contribution in [3.05, 3.63) is 54.6 Å². The summed E-state index contributed by atoms with van der Waals surface area (Å²) in [5, 5.41) is 3.55. The largest absolute Gasteiger partial charge is 0.416 e. The fraction of sp³-hybridized carbons (Fsp3) is 0.0714. The molecule has 0 saturated heterocycles. The molecule has 1 aromatic carbocycles. The van der Waals surface area contributed by atoms with Gasteiger partial charge in [-0.25, -0.2) is 15.0 Å². The first-order valence-electron chi connectivity index (χ1n) is 6.19. The first-order valence-corrected chi connectivity index (χ1v) is 7.00. The maximum absolute atomic E-state index is 12.5. The van der Waals surface area contributed by atoms with Crippen molar-refractivity contribution in [1.29, 1.82) is 0 Å². The van der Waals surface area contributed by atoms with Gasteiger partial charge in [0, 0.05) is 18.1 Å². The number of thiazole rings is 1. The molecule has 22 heavy (non-hydrogen) atoms. The molecule has 3 rings (SSSR count). The van der Waals surface area contributed by atoms with Gasteiger partial charge in [0.05, 0.1) is 16.1 Å². The molecule has 112 valence electrons. The summed E-state index contributed by atoms with van der Waals surface area (Å²) in [6, 6.07) is 6.56. The number of nitrogens with one attached hydrogen (secondary N) is 1. The summed E-state index contributed by atoms with van der Waals surface area (Å²) in [6.45, 7) is 0. The Morgan fingerprint density at radius 3 is 2.41 bits per heavy atom. The van der Waals surface area contributed by atoms with Crippen molar-refractivity contribution < 1.29 is 13.2 Å². The van der Waals surface area contributed by atoms with Crippen molar-refractivity contribution in [1.82, 2.24) is 15.0 Å². The minimum absolute atomic E-state index is 0.539. The van der Waals surface area contributed by atoms with Gasteiger partial charge in [0.25, 0.3) is 0 Å². The molecule has 0 aliphatic rings. The van der Waals surface area contributed by atoms with Gasteiger partial charge in [0.15, 0.2) is 5.13 Å². The Bertz CT molecular complexity index is 754. The van der Waals surface area contributed by atoms with Gasteiger partial charge in [-0.15, -0.1) is 0 Å². The van der Waals surface area contributed by atoms with E-state index in [9.17, 15) is 13.2 Å². The summed E-state index contributed by atoms with van der Waals surface area (Å²) in [5.74, 6) is 0. The lowest BCUT2D eigenvalue weighted by Gasteiger charge is -2.07. The summed E-state index contributed by atoms with van der Waals surface area (Å²) >= 11 is 1.36. The predicted octanol–water partition coefficient (Wildman–Crippen LogP) is 4.36. The summed E-state index contributed by atoms with van der Waals surface area (Å²) in [7, 11) is 0. The Morgan fingerprint density at radius 2 is 1.77 bits per heavy atom. The van der Waals surface area contributed by atoms with E-state index in [1.165, 1.54) is 29.8 Å². The first kappa shape index (κ1) is 14.5. The predicted molar refractivity (Wildman–Crippen MR) is 77.9 cm³/mol. The van der Waals surface area contributed by atoms with Gasteiger partial charge in [-0.1, -0.05) is 11.3 Å². The molecule has 4 nitrogen and oxygen atoms in total. The van der Waals surface area contributed by atoms with Gasteiger partial charge in [0.1, 0.15) is 6.33 Å². The van der Waals surface area contributed by atoms with Crippen LogP contribution in [0.4, 0.5) is 24.0 Å². The third-order valence-electron chi connectivity index (χ3n) is 2.80. The zero-order valence-electron chi connectivity index (χ0n) is 11.0. The molecule has 0 unspecified atom stereocenters. The van der Waals surface area contributed by atoms with Gasteiger partial charge in [0.2, 0.25) is 0 Å². The van der Waals surface area contributed by atoms with Crippen LogP contribution in [0.5, 0.6) is 0 Å². The van der Waals surface area contributed by atoms with Crippen molar-refractivity contribution >= 4 is 22.2 Å². The van der Waals surface area contributed by atoms with Crippen LogP contribution in [0.25, 0.3) is 10.6 Å². The van der Waals surface area contributed by atoms with Crippen molar-refractivity contribution in [2.75, 3.05) is 5.32 Å². The maximum Gasteiger partial charge on any atom is 0.416 e. The minimum Gasteiger partial charge on any atom is -0.332 e. The highest BCUT2D eigenvalue weighted by molar-refractivity contribution is 7.18. The van der Waals surface area contributed by atoms with E-state index in [0.717, 1.165) is 22.7 Å². The highest BCUT2D eigenvalue weighted by Crippen LogP contribution is 2.32. The highest BCUT2D eigenvalue weighted by atomic mass is 32.1. The monoisotopic (exact) mass is 322 g/mol. The molecule has 0 fully saturated rings. The van der Waals surface area contributed by atoms with Crippen LogP contribution in [0.3, 0.4) is 0 Å². The molecule has 0 bridgehead atoms. The van der Waals surface area contributed by atoms with Crippen molar-refractivity contribution in [2.45, 2.75) is 6.18 Å². The van der Waals surface area contributed by atoms with Crippen LogP contribution >= 0.6 is 11.3 Å². The van der Waals surface area contributed by atoms with Gasteiger partial charge >= 0.3 is 6.18 Å². The third-order valence-corrected chi connectivity index (χ3v) is 3.74. The van der Waals surface area contributed by atoms with Crippen LogP contribution < -0.4 is 5.32 Å². The van der Waals surface area contributed by atoms with Crippen molar-refractivity contribution in [3.63, 3.8) is 0 Å². The highest BCUT2D eigenvalue weighted by Gasteiger charge is 2.29. The molecule has 0 spiro atoms. The number of nitrogens with zero attached hydrogens (tertiary/aromatic N) is 3. The Labute approximate surface area is 127 Å². The third kappa shape index (κ3) is 3.22. The lowest BCUT2D eigenvalue weighted by atomic mass is 10.2. The van der Waals surface area contributed by atoms with Crippen LogP contribution in [0, 0.1) is 0 Å². The SMILES string of the molecule is FC(F)(F)c1ccc(Nc2ncc(-c3ccncn3)s2)cc1. The molecular formula is C14H9F3N4S. The average molecular weight is 322 g/mol. The van der Waals surface area contributed by atoms with Gasteiger partial charge in [-0.3, -0.25) is 0 Å². The Morgan fingerprint density at radius 1 is 1.00 bits per heavy atom. The molecule has 0 aliphatic heterocycles. The van der Waals surface area contributed by atoms with Gasteiger partial charge in [-0.2, -0.15) is 13.2 Å². The minimum atomic E-state index is -4.33. The summed E-state index contributed by atoms with van der Waals surface area (Å²) < 4.78 is 37.5. The van der Waals surface area contributed by atoms with Crippen LogP contribution in [-0.4, -0.2) is 15.0 Å². The molecule has 3 aromatic rings. The number of aromatic nitrogens is 3. The first-order chi connectivity index (χ1) is 10.5. The molecule has 2 aromatic heterocycles. The number of halogens is 3. The Kier molecular flexibility index (Phi) is 3.76. The van der Waals surface area contributed by atoms with Gasteiger partial charge < -0.3 is 5.32 Å². The Balaban J connectivity index is 1.76. The van der Waals surface area contributed by atoms with Crippen LogP contribution in [0.1, 0.15) is 5.56 Å². The average Bonchev–Trinajstić information content (AvgIpc) is 2.96. The standard InChI is InChI=1S/C14H9F3N4S/c15-14(16,17)9-1-3-10(4-2-9)21-13-19-7-12(22-13)11-5-6-18-8-20-11/h1-8H,(H,19,21). The molecule has 0 atom stereocenters. The number of alkyl halides is 3. The fourth-order valence-corrected chi connectivity index (χ4v) is 2.57. The number of anilines is 2. The molecule has 0 radical (unpaired) electrons. The topological polar surface area (TPSA) is 50.7 Å². The summed E-state index contributed by atoms with van der Waals surface area (Å²) in [6.07, 6.45) is 0.391. The van der Waals surface area contributed by atoms with E-state index < -0.39 is 11.7 Å². The smallest absolute Gasteiger partial charge is 0.332 e. The summed E-state index contributed by atoms with van der Waals surface area (Å²) in [5.41, 5.74) is 0.600. The fourth-order valence-electron chi connectivity index (χ4n) is 1.75. The molecule has 2 heterocycles. The van der Waals surface area contributed by atoms with Crippen molar-refractivity contribution in [2.24, 2.45) is 0 Å². The van der Waals surface area contributed by atoms with Crippen LogP contribution in [0.15, 0.2) is 49.1 Å². The number of hydrogen-bond donors (Lipinski definition) is 1. The second-order valence-electron chi connectivity index (χ2n) is 4.32. The second kappa shape index (κ2) is 5.72. The molecule has 0 saturated carbocycles. The van der Waals surface area contributed by atoms with E-state index in [2.05, 4.69) is 20.3 Å². The zero-order chi connectivity index (χ0) is 15.6. The quantitative estimate of drug-likeness (QED) is 0.778. The maximum atomic E-state index is 12.5. The van der Waals surface area contributed by atoms with Crippen LogP contribution in [-0.2, 0) is 6.18 Å². The summed E-state index contributed by atoms with van der Waals surface area (Å²) in [4.78, 5) is 13.0. The number of benzene rings is 1. The normalized spacial score (nSPS) is 11.4. The van der Waals surface area contributed by atoms with Gasteiger partial charge in [-0.05, 0) is 30.3 Å². The zero-order valence-corrected chi connectivity index (χ0v) is 11.8. The lowest BCUT2D eigenvalue weighted by molar-refractivity contribution is -0.137. The van der Waals surface area contributed by atoms with E-state index in [1.54, 1.807) is 18.5 Å². The van der Waals surface area contributed by atoms with E-state index in [1.807, 2.05) is 0 Å². The number of hydrogen-bond acceptors (Lipinski definition) is 5. The van der Waals surface area contributed by atoms with E-state index in [4.69, 9.17) is 0 Å².